The van der Waals surface area contributed by atoms with Crippen LogP contribution in [0.1, 0.15) is 6.42 Å². The summed E-state index contributed by atoms with van der Waals surface area (Å²) in [5, 5.41) is 2.41. The van der Waals surface area contributed by atoms with Gasteiger partial charge in [0.15, 0.2) is 0 Å². The topological polar surface area (TPSA) is 57.2 Å². The molecule has 0 atom stereocenters. The van der Waals surface area contributed by atoms with Gasteiger partial charge in [-0.2, -0.15) is 0 Å². The van der Waals surface area contributed by atoms with Gasteiger partial charge in [-0.05, 0) is 31.1 Å². The van der Waals surface area contributed by atoms with E-state index in [1.54, 1.807) is 0 Å². The molecule has 2 aromatic carbocycles. The summed E-state index contributed by atoms with van der Waals surface area (Å²) in [6, 6.07) is 20.1. The summed E-state index contributed by atoms with van der Waals surface area (Å²) >= 11 is 0. The first-order valence-corrected chi connectivity index (χ1v) is 9.48. The Kier molecular flexibility index (Phi) is 8.10. The maximum atomic E-state index is 10.7. The maximum absolute atomic E-state index is 10.7. The van der Waals surface area contributed by atoms with E-state index < -0.39 is 18.0 Å². The van der Waals surface area contributed by atoms with E-state index in [1.807, 2.05) is 36.4 Å². The van der Waals surface area contributed by atoms with Crippen LogP contribution in [0.15, 0.2) is 60.7 Å². The van der Waals surface area contributed by atoms with Crippen molar-refractivity contribution in [2.45, 2.75) is 6.42 Å². The standard InChI is InChI=1S/C15H17O3PS.Na/c16-20(17,18)13-7-12-19(14-8-3-1-4-9-14)15-10-5-2-6-11-15;/h1-6,8-11H,7,12-13H2,(H,16,17,18);/q;+1/p-1. The zero-order valence-corrected chi connectivity index (χ0v) is 15.7. The normalized spacial score (nSPS) is 11.1. The van der Waals surface area contributed by atoms with Gasteiger partial charge in [0, 0.05) is 5.75 Å². The summed E-state index contributed by atoms with van der Waals surface area (Å²) < 4.78 is 32.2. The van der Waals surface area contributed by atoms with Crippen LogP contribution < -0.4 is 40.2 Å². The van der Waals surface area contributed by atoms with E-state index in [9.17, 15) is 13.0 Å². The molecule has 6 heteroatoms. The van der Waals surface area contributed by atoms with Crippen LogP contribution in [0.5, 0.6) is 0 Å². The van der Waals surface area contributed by atoms with Gasteiger partial charge in [0.25, 0.3) is 0 Å². The molecule has 0 heterocycles. The first-order valence-electron chi connectivity index (χ1n) is 6.37. The Bertz CT molecular complexity index is 593. The average Bonchev–Trinajstić information content (AvgIpc) is 2.44. The Labute approximate surface area is 149 Å². The van der Waals surface area contributed by atoms with E-state index in [1.165, 1.54) is 10.6 Å². The number of benzene rings is 2. The van der Waals surface area contributed by atoms with E-state index >= 15 is 0 Å². The minimum Gasteiger partial charge on any atom is -0.748 e. The third-order valence-corrected chi connectivity index (χ3v) is 6.31. The Balaban J connectivity index is 0.00000220. The number of hydrogen-bond donors (Lipinski definition) is 0. The molecule has 0 unspecified atom stereocenters. The third kappa shape index (κ3) is 6.60. The van der Waals surface area contributed by atoms with Crippen molar-refractivity contribution in [2.24, 2.45) is 0 Å². The molecule has 21 heavy (non-hydrogen) atoms. The van der Waals surface area contributed by atoms with Crippen LogP contribution in [0.4, 0.5) is 0 Å². The molecule has 0 aromatic heterocycles. The van der Waals surface area contributed by atoms with Crippen molar-refractivity contribution in [2.75, 3.05) is 11.9 Å². The molecule has 2 aromatic rings. The van der Waals surface area contributed by atoms with Crippen LogP contribution in [-0.2, 0) is 10.1 Å². The van der Waals surface area contributed by atoms with Crippen molar-refractivity contribution in [1.29, 1.82) is 0 Å². The second-order valence-electron chi connectivity index (χ2n) is 4.44. The Hall–Kier alpha value is -0.220. The van der Waals surface area contributed by atoms with Gasteiger partial charge in [-0.25, -0.2) is 8.42 Å². The predicted octanol–water partition coefficient (Wildman–Crippen LogP) is -0.941. The zero-order valence-electron chi connectivity index (χ0n) is 12.0. The second-order valence-corrected chi connectivity index (χ2v) is 8.30. The fourth-order valence-corrected chi connectivity index (χ4v) is 5.09. The molecule has 0 N–H and O–H groups in total. The summed E-state index contributed by atoms with van der Waals surface area (Å²) in [7, 11) is -4.73. The van der Waals surface area contributed by atoms with Crippen molar-refractivity contribution < 1.29 is 42.5 Å². The number of hydrogen-bond acceptors (Lipinski definition) is 3. The van der Waals surface area contributed by atoms with Gasteiger partial charge in [-0.1, -0.05) is 60.7 Å². The SMILES string of the molecule is O=S(=O)([O-])CCCP(c1ccccc1)c1ccccc1.[Na+]. The fourth-order valence-electron chi connectivity index (χ4n) is 2.02. The molecule has 0 radical (unpaired) electrons. The summed E-state index contributed by atoms with van der Waals surface area (Å²) in [5.74, 6) is -0.286. The summed E-state index contributed by atoms with van der Waals surface area (Å²) in [6.45, 7) is 0. The molecule has 106 valence electrons. The molecule has 0 aliphatic carbocycles. The van der Waals surface area contributed by atoms with Crippen molar-refractivity contribution in [1.82, 2.24) is 0 Å². The molecule has 2 rings (SSSR count). The van der Waals surface area contributed by atoms with Gasteiger partial charge in [0.1, 0.15) is 0 Å². The fraction of sp³-hybridized carbons (Fsp3) is 0.200. The molecular formula is C15H16NaO3PS. The van der Waals surface area contributed by atoms with E-state index in [2.05, 4.69) is 24.3 Å². The third-order valence-electron chi connectivity index (χ3n) is 2.91. The van der Waals surface area contributed by atoms with Crippen LogP contribution in [0.3, 0.4) is 0 Å². The van der Waals surface area contributed by atoms with Crippen molar-refractivity contribution in [3.8, 4) is 0 Å². The zero-order chi connectivity index (χ0) is 14.4. The van der Waals surface area contributed by atoms with Crippen LogP contribution in [0.2, 0.25) is 0 Å². The van der Waals surface area contributed by atoms with Gasteiger partial charge in [-0.3, -0.25) is 0 Å². The van der Waals surface area contributed by atoms with Crippen molar-refractivity contribution >= 4 is 28.6 Å². The predicted molar refractivity (Wildman–Crippen MR) is 83.1 cm³/mol. The van der Waals surface area contributed by atoms with Gasteiger partial charge in [-0.15, -0.1) is 0 Å². The Morgan fingerprint density at radius 1 is 0.857 bits per heavy atom. The number of rotatable bonds is 6. The van der Waals surface area contributed by atoms with Gasteiger partial charge in [0.05, 0.1) is 10.1 Å². The molecule has 0 amide bonds. The van der Waals surface area contributed by atoms with E-state index in [4.69, 9.17) is 0 Å². The van der Waals surface area contributed by atoms with Gasteiger partial charge in [0.2, 0.25) is 0 Å². The molecule has 0 aliphatic heterocycles. The Morgan fingerprint density at radius 3 is 1.67 bits per heavy atom. The molecular weight excluding hydrogens is 314 g/mol. The largest absolute Gasteiger partial charge is 1.00 e. The van der Waals surface area contributed by atoms with Crippen LogP contribution in [-0.4, -0.2) is 24.9 Å². The molecule has 0 saturated heterocycles. The van der Waals surface area contributed by atoms with Crippen LogP contribution in [0, 0.1) is 0 Å². The molecule has 0 aliphatic rings. The summed E-state index contributed by atoms with van der Waals surface area (Å²) in [6.07, 6.45) is 1.12. The molecule has 0 bridgehead atoms. The molecule has 3 nitrogen and oxygen atoms in total. The van der Waals surface area contributed by atoms with Crippen molar-refractivity contribution in [3.63, 3.8) is 0 Å². The minimum absolute atomic E-state index is 0. The smallest absolute Gasteiger partial charge is 0.748 e. The molecule has 0 fully saturated rings. The monoisotopic (exact) mass is 330 g/mol. The maximum Gasteiger partial charge on any atom is 1.00 e. The summed E-state index contributed by atoms with van der Waals surface area (Å²) in [5.41, 5.74) is 0. The van der Waals surface area contributed by atoms with E-state index in [0.717, 1.165) is 0 Å². The minimum atomic E-state index is -4.12. The van der Waals surface area contributed by atoms with E-state index in [-0.39, 0.29) is 35.3 Å². The summed E-state index contributed by atoms with van der Waals surface area (Å²) in [4.78, 5) is 0. The Morgan fingerprint density at radius 2 is 1.29 bits per heavy atom. The van der Waals surface area contributed by atoms with Gasteiger partial charge >= 0.3 is 29.6 Å². The quantitative estimate of drug-likeness (QED) is 0.390. The molecule has 0 spiro atoms. The first-order chi connectivity index (χ1) is 9.56. The molecule has 0 saturated carbocycles. The second kappa shape index (κ2) is 9.04. The average molecular weight is 330 g/mol. The van der Waals surface area contributed by atoms with Gasteiger partial charge < -0.3 is 4.55 Å². The van der Waals surface area contributed by atoms with E-state index in [0.29, 0.717) is 12.6 Å². The van der Waals surface area contributed by atoms with Crippen LogP contribution in [0.25, 0.3) is 0 Å². The first kappa shape index (κ1) is 18.8. The van der Waals surface area contributed by atoms with Crippen molar-refractivity contribution in [3.05, 3.63) is 60.7 Å². The van der Waals surface area contributed by atoms with Crippen LogP contribution >= 0.6 is 7.92 Å².